The third-order valence-corrected chi connectivity index (χ3v) is 4.42. The Balaban J connectivity index is 1.74. The predicted octanol–water partition coefficient (Wildman–Crippen LogP) is 2.17. The molecule has 0 atom stereocenters. The van der Waals surface area contributed by atoms with Crippen LogP contribution in [0.25, 0.3) is 0 Å². The number of piperazine rings is 1. The Morgan fingerprint density at radius 2 is 1.95 bits per heavy atom. The highest BCUT2D eigenvalue weighted by Gasteiger charge is 2.18. The predicted molar refractivity (Wildman–Crippen MR) is 92.9 cm³/mol. The van der Waals surface area contributed by atoms with Gasteiger partial charge in [-0.3, -0.25) is 9.69 Å². The largest absolute Gasteiger partial charge is 0.369 e. The van der Waals surface area contributed by atoms with Gasteiger partial charge in [-0.05, 0) is 44.0 Å². The summed E-state index contributed by atoms with van der Waals surface area (Å²) in [6.07, 6.45) is 0.978. The number of amides is 1. The summed E-state index contributed by atoms with van der Waals surface area (Å²) >= 11 is 5.45. The van der Waals surface area contributed by atoms with Crippen LogP contribution < -0.4 is 10.2 Å². The van der Waals surface area contributed by atoms with Crippen LogP contribution in [0.5, 0.6) is 0 Å². The minimum Gasteiger partial charge on any atom is -0.369 e. The molecule has 2 rings (SSSR count). The summed E-state index contributed by atoms with van der Waals surface area (Å²) in [5.74, 6) is -0.0319. The van der Waals surface area contributed by atoms with E-state index in [1.807, 2.05) is 0 Å². The fourth-order valence-corrected chi connectivity index (χ4v) is 2.94. The molecule has 1 amide bonds. The highest BCUT2D eigenvalue weighted by atomic mass is 35.5. The minimum absolute atomic E-state index is 0.0501. The summed E-state index contributed by atoms with van der Waals surface area (Å²) in [5.41, 5.74) is 4.04. The molecule has 1 aromatic carbocycles. The Morgan fingerprint density at radius 3 is 2.64 bits per heavy atom. The van der Waals surface area contributed by atoms with E-state index < -0.39 is 0 Å². The third-order valence-electron chi connectivity index (χ3n) is 4.17. The number of hydrogen-bond donors (Lipinski definition) is 1. The number of rotatable bonds is 6. The molecule has 0 spiro atoms. The Labute approximate surface area is 138 Å². The molecule has 1 aliphatic heterocycles. The van der Waals surface area contributed by atoms with Crippen LogP contribution in [-0.4, -0.2) is 56.0 Å². The lowest BCUT2D eigenvalue weighted by molar-refractivity contribution is -0.118. The maximum absolute atomic E-state index is 11.1. The summed E-state index contributed by atoms with van der Waals surface area (Å²) in [6.45, 7) is 10.4. The number of nitrogens with one attached hydrogen (secondary N) is 1. The van der Waals surface area contributed by atoms with Crippen LogP contribution in [0.3, 0.4) is 0 Å². The van der Waals surface area contributed by atoms with E-state index in [2.05, 4.69) is 47.2 Å². The first-order valence-electron chi connectivity index (χ1n) is 7.97. The van der Waals surface area contributed by atoms with E-state index in [0.717, 1.165) is 39.1 Å². The number of halogens is 1. The topological polar surface area (TPSA) is 35.6 Å². The van der Waals surface area contributed by atoms with E-state index >= 15 is 0 Å². The van der Waals surface area contributed by atoms with Gasteiger partial charge in [0, 0.05) is 38.4 Å². The van der Waals surface area contributed by atoms with Crippen LogP contribution in [0, 0.1) is 13.8 Å². The molecule has 1 aromatic rings. The maximum Gasteiger partial charge on any atom is 0.234 e. The quantitative estimate of drug-likeness (QED) is 0.644. The third kappa shape index (κ3) is 4.89. The SMILES string of the molecule is Cc1ccc(C)c(N2CCN(CCCNC(=O)CCl)CC2)c1. The van der Waals surface area contributed by atoms with Gasteiger partial charge in [-0.25, -0.2) is 0 Å². The molecule has 1 heterocycles. The number of hydrogen-bond acceptors (Lipinski definition) is 3. The molecule has 0 aromatic heterocycles. The minimum atomic E-state index is -0.0820. The second kappa shape index (κ2) is 8.39. The van der Waals surface area contributed by atoms with Gasteiger partial charge in [0.1, 0.15) is 5.88 Å². The van der Waals surface area contributed by atoms with Crippen molar-refractivity contribution in [3.05, 3.63) is 29.3 Å². The van der Waals surface area contributed by atoms with Crippen LogP contribution in [0.1, 0.15) is 17.5 Å². The van der Waals surface area contributed by atoms with Gasteiger partial charge in [-0.15, -0.1) is 11.6 Å². The Kier molecular flexibility index (Phi) is 6.52. The number of nitrogens with zero attached hydrogens (tertiary/aromatic N) is 2. The second-order valence-corrected chi connectivity index (χ2v) is 6.22. The van der Waals surface area contributed by atoms with Crippen molar-refractivity contribution in [1.82, 2.24) is 10.2 Å². The number of carbonyl (C=O) groups is 1. The zero-order chi connectivity index (χ0) is 15.9. The normalized spacial score (nSPS) is 15.9. The van der Waals surface area contributed by atoms with Crippen molar-refractivity contribution in [1.29, 1.82) is 0 Å². The molecule has 1 N–H and O–H groups in total. The number of alkyl halides is 1. The van der Waals surface area contributed by atoms with Crippen LogP contribution in [0.4, 0.5) is 5.69 Å². The average molecular weight is 324 g/mol. The van der Waals surface area contributed by atoms with Crippen molar-refractivity contribution in [2.45, 2.75) is 20.3 Å². The van der Waals surface area contributed by atoms with E-state index in [1.165, 1.54) is 16.8 Å². The zero-order valence-electron chi connectivity index (χ0n) is 13.6. The molecule has 0 saturated carbocycles. The monoisotopic (exact) mass is 323 g/mol. The average Bonchev–Trinajstić information content (AvgIpc) is 2.54. The summed E-state index contributed by atoms with van der Waals surface area (Å²) in [5, 5.41) is 2.81. The smallest absolute Gasteiger partial charge is 0.234 e. The Bertz CT molecular complexity index is 499. The van der Waals surface area contributed by atoms with Gasteiger partial charge in [0.25, 0.3) is 0 Å². The van der Waals surface area contributed by atoms with Gasteiger partial charge < -0.3 is 10.2 Å². The van der Waals surface area contributed by atoms with Crippen molar-refractivity contribution >= 4 is 23.2 Å². The standard InChI is InChI=1S/C17H26ClN3O/c1-14-4-5-15(2)16(12-14)21-10-8-20(9-11-21)7-3-6-19-17(22)13-18/h4-5,12H,3,6-11,13H2,1-2H3,(H,19,22). The fraction of sp³-hybridized carbons (Fsp3) is 0.588. The molecule has 0 radical (unpaired) electrons. The molecular weight excluding hydrogens is 298 g/mol. The highest BCUT2D eigenvalue weighted by molar-refractivity contribution is 6.27. The molecule has 122 valence electrons. The highest BCUT2D eigenvalue weighted by Crippen LogP contribution is 2.22. The van der Waals surface area contributed by atoms with Crippen LogP contribution in [-0.2, 0) is 4.79 Å². The molecular formula is C17H26ClN3O. The number of anilines is 1. The van der Waals surface area contributed by atoms with Crippen LogP contribution >= 0.6 is 11.6 Å². The molecule has 1 saturated heterocycles. The zero-order valence-corrected chi connectivity index (χ0v) is 14.3. The van der Waals surface area contributed by atoms with Crippen molar-refractivity contribution in [3.8, 4) is 0 Å². The van der Waals surface area contributed by atoms with Crippen LogP contribution in [0.15, 0.2) is 18.2 Å². The lowest BCUT2D eigenvalue weighted by atomic mass is 10.1. The number of aryl methyl sites for hydroxylation is 2. The van der Waals surface area contributed by atoms with Gasteiger partial charge in [-0.2, -0.15) is 0 Å². The molecule has 5 heteroatoms. The lowest BCUT2D eigenvalue weighted by Crippen LogP contribution is -2.47. The maximum atomic E-state index is 11.1. The van der Waals surface area contributed by atoms with E-state index in [-0.39, 0.29) is 11.8 Å². The van der Waals surface area contributed by atoms with Crippen LogP contribution in [0.2, 0.25) is 0 Å². The van der Waals surface area contributed by atoms with Gasteiger partial charge >= 0.3 is 0 Å². The first-order valence-corrected chi connectivity index (χ1v) is 8.51. The second-order valence-electron chi connectivity index (χ2n) is 5.96. The first kappa shape index (κ1) is 17.1. The number of benzene rings is 1. The van der Waals surface area contributed by atoms with Gasteiger partial charge in [-0.1, -0.05) is 12.1 Å². The molecule has 1 aliphatic rings. The van der Waals surface area contributed by atoms with Crippen molar-refractivity contribution in [2.24, 2.45) is 0 Å². The molecule has 22 heavy (non-hydrogen) atoms. The van der Waals surface area contributed by atoms with Crippen molar-refractivity contribution in [3.63, 3.8) is 0 Å². The Morgan fingerprint density at radius 1 is 1.23 bits per heavy atom. The molecule has 0 unspecified atom stereocenters. The summed E-state index contributed by atoms with van der Waals surface area (Å²) < 4.78 is 0. The summed E-state index contributed by atoms with van der Waals surface area (Å²) in [7, 11) is 0. The summed E-state index contributed by atoms with van der Waals surface area (Å²) in [6, 6.07) is 6.66. The molecule has 0 aliphatic carbocycles. The van der Waals surface area contributed by atoms with E-state index in [1.54, 1.807) is 0 Å². The first-order chi connectivity index (χ1) is 10.6. The molecule has 4 nitrogen and oxygen atoms in total. The van der Waals surface area contributed by atoms with E-state index in [0.29, 0.717) is 6.54 Å². The van der Waals surface area contributed by atoms with Crippen molar-refractivity contribution in [2.75, 3.05) is 50.0 Å². The lowest BCUT2D eigenvalue weighted by Gasteiger charge is -2.37. The van der Waals surface area contributed by atoms with E-state index in [9.17, 15) is 4.79 Å². The van der Waals surface area contributed by atoms with Gasteiger partial charge in [0.2, 0.25) is 5.91 Å². The van der Waals surface area contributed by atoms with Gasteiger partial charge in [0.15, 0.2) is 0 Å². The molecule has 1 fully saturated rings. The summed E-state index contributed by atoms with van der Waals surface area (Å²) in [4.78, 5) is 16.0. The fourth-order valence-electron chi connectivity index (χ4n) is 2.85. The molecule has 0 bridgehead atoms. The number of carbonyl (C=O) groups excluding carboxylic acids is 1. The van der Waals surface area contributed by atoms with E-state index in [4.69, 9.17) is 11.6 Å². The van der Waals surface area contributed by atoms with Gasteiger partial charge in [0.05, 0.1) is 0 Å². The Hall–Kier alpha value is -1.26. The van der Waals surface area contributed by atoms with Crippen molar-refractivity contribution < 1.29 is 4.79 Å².